The van der Waals surface area contributed by atoms with Crippen LogP contribution >= 0.6 is 34.3 Å². The number of carbonyl (C=O) groups excluding carboxylic acids is 1. The summed E-state index contributed by atoms with van der Waals surface area (Å²) in [7, 11) is 0. The Balaban J connectivity index is 1.83. The zero-order valence-electron chi connectivity index (χ0n) is 13.8. The first-order valence-electron chi connectivity index (χ1n) is 7.53. The van der Waals surface area contributed by atoms with E-state index < -0.39 is 18.7 Å². The van der Waals surface area contributed by atoms with Crippen molar-refractivity contribution in [1.82, 2.24) is 4.98 Å². The fraction of sp³-hybridized carbons (Fsp3) is 0.176. The van der Waals surface area contributed by atoms with Crippen LogP contribution in [0.3, 0.4) is 0 Å². The Labute approximate surface area is 165 Å². The number of thiazole rings is 1. The Kier molecular flexibility index (Phi) is 5.73. The number of alkyl halides is 3. The number of aromatic nitrogens is 1. The van der Waals surface area contributed by atoms with Crippen LogP contribution in [0.4, 0.5) is 18.9 Å². The summed E-state index contributed by atoms with van der Waals surface area (Å²) >= 11 is 8.62. The van der Waals surface area contributed by atoms with E-state index in [0.29, 0.717) is 15.6 Å². The predicted molar refractivity (Wildman–Crippen MR) is 101 cm³/mol. The molecular formula is C17H12ClF3N2O2S2. The van der Waals surface area contributed by atoms with Gasteiger partial charge in [-0.15, -0.1) is 11.3 Å². The summed E-state index contributed by atoms with van der Waals surface area (Å²) in [5.74, 6) is -0.615. The van der Waals surface area contributed by atoms with Gasteiger partial charge in [0.15, 0.2) is 6.61 Å². The molecule has 0 saturated carbocycles. The molecule has 27 heavy (non-hydrogen) atoms. The minimum absolute atomic E-state index is 0.0571. The van der Waals surface area contributed by atoms with E-state index in [9.17, 15) is 18.0 Å². The van der Waals surface area contributed by atoms with Crippen LogP contribution < -0.4 is 10.1 Å². The molecule has 1 amide bonds. The Morgan fingerprint density at radius 1 is 1.33 bits per heavy atom. The third kappa shape index (κ3) is 5.00. The second-order valence-corrected chi connectivity index (χ2v) is 7.66. The Morgan fingerprint density at radius 3 is 2.78 bits per heavy atom. The molecule has 1 N–H and O–H groups in total. The van der Waals surface area contributed by atoms with Crippen LogP contribution in [-0.4, -0.2) is 23.7 Å². The van der Waals surface area contributed by atoms with E-state index in [1.54, 1.807) is 6.92 Å². The standard InChI is InChI=1S/C17H12ClF3N2O2S2/c1-9-14(27-16(22-9)10-4-5-26-7-10)15(24)23-12-6-11(18)2-3-13(12)25-8-17(19,20)21/h2-7H,8H2,1H3,(H,23,24). The number of carbonyl (C=O) groups is 1. The van der Waals surface area contributed by atoms with Crippen LogP contribution in [0, 0.1) is 6.92 Å². The lowest BCUT2D eigenvalue weighted by atomic mass is 10.2. The highest BCUT2D eigenvalue weighted by Gasteiger charge is 2.29. The highest BCUT2D eigenvalue weighted by atomic mass is 35.5. The van der Waals surface area contributed by atoms with E-state index in [1.165, 1.54) is 40.9 Å². The van der Waals surface area contributed by atoms with Crippen LogP contribution in [-0.2, 0) is 0 Å². The maximum Gasteiger partial charge on any atom is 0.422 e. The van der Waals surface area contributed by atoms with Gasteiger partial charge in [0, 0.05) is 16.0 Å². The average Bonchev–Trinajstić information content (AvgIpc) is 3.22. The zero-order chi connectivity index (χ0) is 19.6. The van der Waals surface area contributed by atoms with Crippen molar-refractivity contribution in [2.45, 2.75) is 13.1 Å². The number of nitrogens with zero attached hydrogens (tertiary/aromatic N) is 1. The summed E-state index contributed by atoms with van der Waals surface area (Å²) in [6.45, 7) is 0.222. The number of ether oxygens (including phenoxy) is 1. The van der Waals surface area contributed by atoms with Crippen LogP contribution in [0.15, 0.2) is 35.0 Å². The van der Waals surface area contributed by atoms with Crippen molar-refractivity contribution in [2.24, 2.45) is 0 Å². The van der Waals surface area contributed by atoms with Gasteiger partial charge < -0.3 is 10.1 Å². The largest absolute Gasteiger partial charge is 0.482 e. The van der Waals surface area contributed by atoms with Crippen molar-refractivity contribution in [1.29, 1.82) is 0 Å². The normalized spacial score (nSPS) is 11.4. The van der Waals surface area contributed by atoms with Gasteiger partial charge in [-0.3, -0.25) is 4.79 Å². The van der Waals surface area contributed by atoms with Crippen molar-refractivity contribution in [3.63, 3.8) is 0 Å². The van der Waals surface area contributed by atoms with Crippen LogP contribution in [0.25, 0.3) is 10.6 Å². The molecule has 0 aliphatic carbocycles. The second kappa shape index (κ2) is 7.87. The number of hydrogen-bond donors (Lipinski definition) is 1. The van der Waals surface area contributed by atoms with E-state index >= 15 is 0 Å². The molecule has 2 heterocycles. The van der Waals surface area contributed by atoms with Crippen molar-refractivity contribution >= 4 is 45.9 Å². The molecule has 142 valence electrons. The van der Waals surface area contributed by atoms with Crippen molar-refractivity contribution in [2.75, 3.05) is 11.9 Å². The predicted octanol–water partition coefficient (Wildman–Crippen LogP) is 6.03. The Bertz CT molecular complexity index is 956. The summed E-state index contributed by atoms with van der Waals surface area (Å²) in [6.07, 6.45) is -4.50. The summed E-state index contributed by atoms with van der Waals surface area (Å²) in [5.41, 5.74) is 1.49. The summed E-state index contributed by atoms with van der Waals surface area (Å²) in [4.78, 5) is 17.4. The number of halogens is 4. The van der Waals surface area contributed by atoms with Crippen molar-refractivity contribution < 1.29 is 22.7 Å². The minimum Gasteiger partial charge on any atom is -0.482 e. The summed E-state index contributed by atoms with van der Waals surface area (Å²) < 4.78 is 42.1. The summed E-state index contributed by atoms with van der Waals surface area (Å²) in [5, 5.41) is 7.33. The molecule has 0 aliphatic heterocycles. The molecule has 10 heteroatoms. The van der Waals surface area contributed by atoms with Crippen LogP contribution in [0.1, 0.15) is 15.4 Å². The number of hydrogen-bond acceptors (Lipinski definition) is 5. The third-order valence-electron chi connectivity index (χ3n) is 3.35. The lowest BCUT2D eigenvalue weighted by Gasteiger charge is -2.14. The molecule has 0 aliphatic rings. The monoisotopic (exact) mass is 432 g/mol. The lowest BCUT2D eigenvalue weighted by Crippen LogP contribution is -2.20. The highest BCUT2D eigenvalue weighted by molar-refractivity contribution is 7.17. The molecule has 0 bridgehead atoms. The number of nitrogens with one attached hydrogen (secondary N) is 1. The molecule has 0 saturated heterocycles. The van der Waals surface area contributed by atoms with Crippen molar-refractivity contribution in [3.05, 3.63) is 50.6 Å². The Morgan fingerprint density at radius 2 is 2.11 bits per heavy atom. The maximum absolute atomic E-state index is 12.6. The Hall–Kier alpha value is -2.10. The highest BCUT2D eigenvalue weighted by Crippen LogP contribution is 2.33. The first-order chi connectivity index (χ1) is 12.7. The molecular weight excluding hydrogens is 421 g/mol. The van der Waals surface area contributed by atoms with E-state index in [1.807, 2.05) is 16.8 Å². The third-order valence-corrected chi connectivity index (χ3v) is 5.48. The van der Waals surface area contributed by atoms with E-state index in [2.05, 4.69) is 10.3 Å². The molecule has 0 unspecified atom stereocenters. The number of thiophene rings is 1. The first kappa shape index (κ1) is 19.7. The van der Waals surface area contributed by atoms with Crippen LogP contribution in [0.5, 0.6) is 5.75 Å². The number of rotatable bonds is 5. The van der Waals surface area contributed by atoms with Gasteiger partial charge >= 0.3 is 6.18 Å². The topological polar surface area (TPSA) is 51.2 Å². The van der Waals surface area contributed by atoms with Gasteiger partial charge in [0.25, 0.3) is 5.91 Å². The zero-order valence-corrected chi connectivity index (χ0v) is 16.2. The van der Waals surface area contributed by atoms with Crippen LogP contribution in [0.2, 0.25) is 5.02 Å². The lowest BCUT2D eigenvalue weighted by molar-refractivity contribution is -0.153. The number of anilines is 1. The SMILES string of the molecule is Cc1nc(-c2ccsc2)sc1C(=O)Nc1cc(Cl)ccc1OCC(F)(F)F. The van der Waals surface area contributed by atoms with Gasteiger partial charge in [0.1, 0.15) is 15.6 Å². The summed E-state index contributed by atoms with van der Waals surface area (Å²) in [6, 6.07) is 5.89. The van der Waals surface area contributed by atoms with Gasteiger partial charge in [0.2, 0.25) is 0 Å². The first-order valence-corrected chi connectivity index (χ1v) is 9.67. The maximum atomic E-state index is 12.6. The molecule has 3 aromatic rings. The van der Waals surface area contributed by atoms with E-state index in [0.717, 1.165) is 5.56 Å². The molecule has 0 atom stereocenters. The average molecular weight is 433 g/mol. The van der Waals surface area contributed by atoms with Gasteiger partial charge in [-0.25, -0.2) is 4.98 Å². The number of amides is 1. The molecule has 1 aromatic carbocycles. The molecule has 0 radical (unpaired) electrons. The molecule has 0 fully saturated rings. The molecule has 4 nitrogen and oxygen atoms in total. The second-order valence-electron chi connectivity index (χ2n) is 5.44. The number of benzene rings is 1. The quantitative estimate of drug-likeness (QED) is 0.535. The fourth-order valence-corrected chi connectivity index (χ4v) is 4.03. The minimum atomic E-state index is -4.50. The number of aryl methyl sites for hydroxylation is 1. The van der Waals surface area contributed by atoms with Gasteiger partial charge in [-0.1, -0.05) is 11.6 Å². The smallest absolute Gasteiger partial charge is 0.422 e. The van der Waals surface area contributed by atoms with E-state index in [-0.39, 0.29) is 16.5 Å². The molecule has 2 aromatic heterocycles. The fourth-order valence-electron chi connectivity index (χ4n) is 2.18. The molecule has 0 spiro atoms. The van der Waals surface area contributed by atoms with Crippen molar-refractivity contribution in [3.8, 4) is 16.3 Å². The van der Waals surface area contributed by atoms with Gasteiger partial charge in [-0.2, -0.15) is 24.5 Å². The van der Waals surface area contributed by atoms with Gasteiger partial charge in [-0.05, 0) is 36.6 Å². The van der Waals surface area contributed by atoms with E-state index in [4.69, 9.17) is 16.3 Å². The molecule has 3 rings (SSSR count). The van der Waals surface area contributed by atoms with Gasteiger partial charge in [0.05, 0.1) is 11.4 Å².